The number of H-pyrrole nitrogens is 1. The van der Waals surface area contributed by atoms with E-state index >= 15 is 0 Å². The molecule has 0 saturated carbocycles. The molecule has 0 radical (unpaired) electrons. The molecule has 0 bridgehead atoms. The average molecular weight is 346 g/mol. The molecule has 8 heteroatoms. The van der Waals surface area contributed by atoms with Crippen LogP contribution >= 0.6 is 0 Å². The number of carbonyl (C=O) groups is 2. The summed E-state index contributed by atoms with van der Waals surface area (Å²) in [5, 5.41) is 13.4. The number of rotatable bonds is 7. The normalized spacial score (nSPS) is 13.4. The van der Waals surface area contributed by atoms with Gasteiger partial charge in [0.15, 0.2) is 0 Å². The maximum atomic E-state index is 12.7. The molecule has 134 valence electrons. The second kappa shape index (κ2) is 7.78. The fourth-order valence-electron chi connectivity index (χ4n) is 2.60. The number of nitrogens with zero attached hydrogens (tertiary/aromatic N) is 1. The zero-order valence-electron chi connectivity index (χ0n) is 14.1. The van der Waals surface area contributed by atoms with Gasteiger partial charge in [-0.15, -0.1) is 0 Å². The molecule has 2 N–H and O–H groups in total. The van der Waals surface area contributed by atoms with Crippen LogP contribution in [0.5, 0.6) is 0 Å². The number of aliphatic carboxylic acids is 1. The van der Waals surface area contributed by atoms with E-state index in [0.717, 1.165) is 11.0 Å². The molecule has 0 aliphatic heterocycles. The number of hydrogen-bond donors (Lipinski definition) is 2. The average Bonchev–Trinajstić information content (AvgIpc) is 2.57. The molecule has 0 fully saturated rings. The Hall–Kier alpha value is -2.90. The van der Waals surface area contributed by atoms with E-state index in [0.29, 0.717) is 11.9 Å². The van der Waals surface area contributed by atoms with Crippen molar-refractivity contribution < 1.29 is 14.7 Å². The number of aromatic amines is 1. The lowest BCUT2D eigenvalue weighted by Gasteiger charge is -2.22. The summed E-state index contributed by atoms with van der Waals surface area (Å²) in [6, 6.07) is 4.18. The number of carboxylic acid groups (broad SMARTS) is 1. The first-order valence-corrected chi connectivity index (χ1v) is 8.11. The maximum Gasteiger partial charge on any atom is 0.329 e. The van der Waals surface area contributed by atoms with Crippen molar-refractivity contribution in [2.45, 2.75) is 45.2 Å². The van der Waals surface area contributed by atoms with E-state index in [9.17, 15) is 24.3 Å². The molecule has 0 aliphatic rings. The maximum absolute atomic E-state index is 12.7. The van der Waals surface area contributed by atoms with E-state index in [2.05, 4.69) is 10.3 Å². The quantitative estimate of drug-likeness (QED) is 0.711. The molecule has 25 heavy (non-hydrogen) atoms. The zero-order valence-corrected chi connectivity index (χ0v) is 14.1. The van der Waals surface area contributed by atoms with Crippen LogP contribution in [0, 0.1) is 0 Å². The van der Waals surface area contributed by atoms with E-state index in [1.165, 1.54) is 6.92 Å². The highest BCUT2D eigenvalue weighted by molar-refractivity contribution is 5.85. The summed E-state index contributed by atoms with van der Waals surface area (Å²) in [6.07, 6.45) is 1.58. The standard InChI is InChI=1S/C17H21N3O5/c1-3-4-9-13(14(21)18-10(2)16(23)24)20-15(22)11-7-5-6-8-12(11)19-17(20)25/h5-8,10,13H,3-4,9H2,1-2H3,(H,18,21)(H,19,25)(H,23,24)/p-1/t10-,13+/m0/s1. The van der Waals surface area contributed by atoms with Gasteiger partial charge in [0.05, 0.1) is 22.9 Å². The van der Waals surface area contributed by atoms with Crippen LogP contribution in [-0.4, -0.2) is 27.5 Å². The molecular weight excluding hydrogens is 326 g/mol. The molecule has 2 rings (SSSR count). The van der Waals surface area contributed by atoms with Gasteiger partial charge in [-0.3, -0.25) is 9.59 Å². The van der Waals surface area contributed by atoms with Crippen LogP contribution in [0.3, 0.4) is 0 Å². The first kappa shape index (κ1) is 18.4. The first-order chi connectivity index (χ1) is 11.9. The summed E-state index contributed by atoms with van der Waals surface area (Å²) in [4.78, 5) is 51.0. The van der Waals surface area contributed by atoms with Crippen molar-refractivity contribution in [3.05, 3.63) is 45.1 Å². The number of amides is 1. The molecule has 1 aromatic heterocycles. The van der Waals surface area contributed by atoms with Crippen molar-refractivity contribution in [3.8, 4) is 0 Å². The van der Waals surface area contributed by atoms with E-state index in [-0.39, 0.29) is 11.8 Å². The third-order valence-electron chi connectivity index (χ3n) is 3.99. The van der Waals surface area contributed by atoms with Gasteiger partial charge in [-0.1, -0.05) is 31.9 Å². The van der Waals surface area contributed by atoms with Gasteiger partial charge in [0.25, 0.3) is 5.56 Å². The predicted molar refractivity (Wildman–Crippen MR) is 90.0 cm³/mol. The fraction of sp³-hybridized carbons (Fsp3) is 0.412. The van der Waals surface area contributed by atoms with E-state index in [1.54, 1.807) is 24.3 Å². The number of para-hydroxylation sites is 1. The van der Waals surface area contributed by atoms with Crippen molar-refractivity contribution in [1.82, 2.24) is 14.9 Å². The van der Waals surface area contributed by atoms with Crippen LogP contribution in [0.2, 0.25) is 0 Å². The number of carbonyl (C=O) groups excluding carboxylic acids is 2. The summed E-state index contributed by atoms with van der Waals surface area (Å²) in [7, 11) is 0. The minimum Gasteiger partial charge on any atom is -0.548 e. The summed E-state index contributed by atoms with van der Waals surface area (Å²) in [6.45, 7) is 3.17. The number of nitrogens with one attached hydrogen (secondary N) is 2. The number of benzene rings is 1. The predicted octanol–water partition coefficient (Wildman–Crippen LogP) is -0.324. The molecule has 8 nitrogen and oxygen atoms in total. The van der Waals surface area contributed by atoms with Gasteiger partial charge in [-0.25, -0.2) is 9.36 Å². The SMILES string of the molecule is CCCC[C@H](C(=O)N[C@@H](C)C(=O)[O-])n1c(=O)[nH]c2ccccc2c1=O. The minimum absolute atomic E-state index is 0.240. The Balaban J connectivity index is 2.53. The molecule has 0 saturated heterocycles. The van der Waals surface area contributed by atoms with Crippen LogP contribution < -0.4 is 21.7 Å². The van der Waals surface area contributed by atoms with Crippen LogP contribution in [0.25, 0.3) is 10.9 Å². The highest BCUT2D eigenvalue weighted by atomic mass is 16.4. The fourth-order valence-corrected chi connectivity index (χ4v) is 2.60. The molecule has 1 amide bonds. The Labute approximate surface area is 143 Å². The van der Waals surface area contributed by atoms with Crippen molar-refractivity contribution in [1.29, 1.82) is 0 Å². The largest absolute Gasteiger partial charge is 0.548 e. The summed E-state index contributed by atoms with van der Waals surface area (Å²) in [5.41, 5.74) is -0.913. The minimum atomic E-state index is -1.44. The summed E-state index contributed by atoms with van der Waals surface area (Å²) >= 11 is 0. The van der Waals surface area contributed by atoms with Crippen LogP contribution in [-0.2, 0) is 9.59 Å². The first-order valence-electron chi connectivity index (χ1n) is 8.11. The Morgan fingerprint density at radius 2 is 1.96 bits per heavy atom. The number of aromatic nitrogens is 2. The van der Waals surface area contributed by atoms with Gasteiger partial charge in [-0.05, 0) is 25.5 Å². The Kier molecular flexibility index (Phi) is 5.74. The van der Waals surface area contributed by atoms with Crippen LogP contribution in [0.15, 0.2) is 33.9 Å². The Bertz CT molecular complexity index is 899. The summed E-state index contributed by atoms with van der Waals surface area (Å²) < 4.78 is 0.856. The molecule has 1 heterocycles. The third-order valence-corrected chi connectivity index (χ3v) is 3.99. The Morgan fingerprint density at radius 1 is 1.28 bits per heavy atom. The van der Waals surface area contributed by atoms with E-state index < -0.39 is 35.2 Å². The molecule has 2 aromatic rings. The molecule has 2 atom stereocenters. The second-order valence-electron chi connectivity index (χ2n) is 5.86. The third kappa shape index (κ3) is 3.96. The van der Waals surface area contributed by atoms with Gasteiger partial charge >= 0.3 is 5.69 Å². The lowest BCUT2D eigenvalue weighted by atomic mass is 10.1. The number of hydrogen-bond acceptors (Lipinski definition) is 5. The highest BCUT2D eigenvalue weighted by Gasteiger charge is 2.25. The molecule has 0 unspecified atom stereocenters. The number of carboxylic acids is 1. The van der Waals surface area contributed by atoms with Crippen molar-refractivity contribution in [3.63, 3.8) is 0 Å². The van der Waals surface area contributed by atoms with Crippen molar-refractivity contribution >= 4 is 22.8 Å². The Morgan fingerprint density at radius 3 is 2.60 bits per heavy atom. The topological polar surface area (TPSA) is 124 Å². The van der Waals surface area contributed by atoms with Crippen LogP contribution in [0.1, 0.15) is 39.2 Å². The van der Waals surface area contributed by atoms with Crippen LogP contribution in [0.4, 0.5) is 0 Å². The molecular formula is C17H20N3O5-. The molecule has 0 spiro atoms. The van der Waals surface area contributed by atoms with E-state index in [1.807, 2.05) is 6.92 Å². The van der Waals surface area contributed by atoms with Gasteiger partial charge in [0.1, 0.15) is 6.04 Å². The lowest BCUT2D eigenvalue weighted by molar-refractivity contribution is -0.307. The molecule has 0 aliphatic carbocycles. The summed E-state index contributed by atoms with van der Waals surface area (Å²) in [5.74, 6) is -2.14. The number of unbranched alkanes of at least 4 members (excludes halogenated alkanes) is 1. The second-order valence-corrected chi connectivity index (χ2v) is 5.86. The highest BCUT2D eigenvalue weighted by Crippen LogP contribution is 2.14. The van der Waals surface area contributed by atoms with E-state index in [4.69, 9.17) is 0 Å². The van der Waals surface area contributed by atoms with Gasteiger partial charge in [0.2, 0.25) is 5.91 Å². The lowest BCUT2D eigenvalue weighted by Crippen LogP contribution is -2.50. The smallest absolute Gasteiger partial charge is 0.329 e. The zero-order chi connectivity index (χ0) is 18.6. The number of fused-ring (bicyclic) bond motifs is 1. The molecule has 1 aromatic carbocycles. The van der Waals surface area contributed by atoms with Crippen molar-refractivity contribution in [2.24, 2.45) is 0 Å². The van der Waals surface area contributed by atoms with Gasteiger partial charge in [0, 0.05) is 0 Å². The van der Waals surface area contributed by atoms with Gasteiger partial charge in [-0.2, -0.15) is 0 Å². The van der Waals surface area contributed by atoms with Gasteiger partial charge < -0.3 is 20.2 Å². The van der Waals surface area contributed by atoms with Crippen molar-refractivity contribution in [2.75, 3.05) is 0 Å². The monoisotopic (exact) mass is 346 g/mol.